The normalized spacial score (nSPS) is 11.0. The van der Waals surface area contributed by atoms with Crippen molar-refractivity contribution in [2.75, 3.05) is 38.6 Å². The van der Waals surface area contributed by atoms with Gasteiger partial charge in [-0.25, -0.2) is 4.79 Å². The summed E-state index contributed by atoms with van der Waals surface area (Å²) in [6.45, 7) is 11.2. The number of aryl methyl sites for hydroxylation is 1. The van der Waals surface area contributed by atoms with Gasteiger partial charge in [-0.05, 0) is 79.7 Å². The van der Waals surface area contributed by atoms with Crippen molar-refractivity contribution < 1.29 is 14.3 Å². The van der Waals surface area contributed by atoms with Crippen LogP contribution in [0.25, 0.3) is 0 Å². The summed E-state index contributed by atoms with van der Waals surface area (Å²) in [6, 6.07) is 24.2. The maximum atomic E-state index is 13.7. The maximum Gasteiger partial charge on any atom is 0.322 e. The molecule has 3 aromatic rings. The highest BCUT2D eigenvalue weighted by molar-refractivity contribution is 5.89. The van der Waals surface area contributed by atoms with E-state index in [1.54, 1.807) is 7.11 Å². The third-order valence-electron chi connectivity index (χ3n) is 7.49. The van der Waals surface area contributed by atoms with Gasteiger partial charge in [0.2, 0.25) is 0 Å². The third-order valence-corrected chi connectivity index (χ3v) is 7.49. The van der Waals surface area contributed by atoms with E-state index in [1.807, 2.05) is 65.6 Å². The first kappa shape index (κ1) is 33.0. The largest absolute Gasteiger partial charge is 0.493 e. The fourth-order valence-corrected chi connectivity index (χ4v) is 4.84. The van der Waals surface area contributed by atoms with Gasteiger partial charge in [-0.2, -0.15) is 0 Å². The van der Waals surface area contributed by atoms with E-state index in [1.165, 1.54) is 44.1 Å². The number of unbranched alkanes of at least 4 members (excludes halogenated alkanes) is 3. The van der Waals surface area contributed by atoms with Crippen molar-refractivity contribution in [2.45, 2.75) is 78.9 Å². The first-order valence-electron chi connectivity index (χ1n) is 15.8. The van der Waals surface area contributed by atoms with Crippen LogP contribution in [-0.4, -0.2) is 49.1 Å². The van der Waals surface area contributed by atoms with Crippen LogP contribution < -0.4 is 14.8 Å². The molecule has 2 amide bonds. The number of methoxy groups -OCH3 is 1. The topological polar surface area (TPSA) is 54.0 Å². The lowest BCUT2D eigenvalue weighted by atomic mass is 10.1. The number of hydrogen-bond acceptors (Lipinski definition) is 4. The van der Waals surface area contributed by atoms with Crippen LogP contribution in [0.3, 0.4) is 0 Å². The molecule has 6 heteroatoms. The average Bonchev–Trinajstić information content (AvgIpc) is 3.02. The number of anilines is 1. The molecule has 0 atom stereocenters. The monoisotopic (exact) mass is 573 g/mol. The lowest BCUT2D eigenvalue weighted by Crippen LogP contribution is -2.41. The number of nitrogens with one attached hydrogen (secondary N) is 1. The van der Waals surface area contributed by atoms with Crippen LogP contribution in [0.5, 0.6) is 11.5 Å². The van der Waals surface area contributed by atoms with Gasteiger partial charge in [0.05, 0.1) is 7.11 Å². The van der Waals surface area contributed by atoms with Gasteiger partial charge in [0.15, 0.2) is 11.5 Å². The smallest absolute Gasteiger partial charge is 0.322 e. The Morgan fingerprint density at radius 1 is 0.714 bits per heavy atom. The molecular formula is C36H51N3O3. The predicted octanol–water partition coefficient (Wildman–Crippen LogP) is 8.55. The molecule has 3 aromatic carbocycles. The minimum Gasteiger partial charge on any atom is -0.493 e. The van der Waals surface area contributed by atoms with Gasteiger partial charge < -0.3 is 24.6 Å². The van der Waals surface area contributed by atoms with E-state index in [4.69, 9.17) is 9.47 Å². The van der Waals surface area contributed by atoms with Gasteiger partial charge in [-0.3, -0.25) is 0 Å². The molecule has 0 aliphatic rings. The zero-order valence-electron chi connectivity index (χ0n) is 26.2. The Labute approximate surface area is 254 Å². The molecule has 0 heterocycles. The molecule has 0 aliphatic carbocycles. The van der Waals surface area contributed by atoms with E-state index in [2.05, 4.69) is 43.1 Å². The van der Waals surface area contributed by atoms with E-state index in [-0.39, 0.29) is 6.03 Å². The molecule has 0 unspecified atom stereocenters. The van der Waals surface area contributed by atoms with Crippen molar-refractivity contribution in [3.05, 3.63) is 89.5 Å². The number of carbonyl (C=O) groups is 1. The number of rotatable bonds is 19. The van der Waals surface area contributed by atoms with Crippen LogP contribution in [0, 0.1) is 0 Å². The van der Waals surface area contributed by atoms with Crippen LogP contribution in [0.4, 0.5) is 10.5 Å². The van der Waals surface area contributed by atoms with E-state index in [0.29, 0.717) is 31.2 Å². The molecule has 228 valence electrons. The molecule has 0 saturated heterocycles. The van der Waals surface area contributed by atoms with Crippen molar-refractivity contribution in [3.8, 4) is 11.5 Å². The summed E-state index contributed by atoms with van der Waals surface area (Å²) in [7, 11) is 1.65. The molecular weight excluding hydrogens is 522 g/mol. The van der Waals surface area contributed by atoms with Crippen molar-refractivity contribution in [1.82, 2.24) is 9.80 Å². The first-order valence-corrected chi connectivity index (χ1v) is 15.8. The summed E-state index contributed by atoms with van der Waals surface area (Å²) in [5.41, 5.74) is 4.21. The number of hydrogen-bond donors (Lipinski definition) is 1. The Hall–Kier alpha value is -3.51. The van der Waals surface area contributed by atoms with Gasteiger partial charge in [0.1, 0.15) is 6.61 Å². The van der Waals surface area contributed by atoms with Crippen molar-refractivity contribution in [3.63, 3.8) is 0 Å². The number of ether oxygens (including phenoxy) is 2. The standard InChI is InChI=1S/C36H51N3O3/c1-5-8-14-30-17-20-33(21-18-30)37-36(40)39(26-25-38(23-9-6-2)24-10-7-3)28-32-19-22-34(41-4)35(27-32)42-29-31-15-12-11-13-16-31/h11-13,15-22,27H,5-10,14,23-26,28-29H2,1-4H3,(H,37,40). The summed E-state index contributed by atoms with van der Waals surface area (Å²) >= 11 is 0. The van der Waals surface area contributed by atoms with Gasteiger partial charge in [-0.1, -0.05) is 88.6 Å². The van der Waals surface area contributed by atoms with Gasteiger partial charge >= 0.3 is 6.03 Å². The fraction of sp³-hybridized carbons (Fsp3) is 0.472. The summed E-state index contributed by atoms with van der Waals surface area (Å²) in [5, 5.41) is 3.15. The highest BCUT2D eigenvalue weighted by Crippen LogP contribution is 2.29. The lowest BCUT2D eigenvalue weighted by molar-refractivity contribution is 0.188. The molecule has 6 nitrogen and oxygen atoms in total. The molecule has 0 spiro atoms. The van der Waals surface area contributed by atoms with Crippen LogP contribution in [0.1, 0.15) is 76.0 Å². The summed E-state index contributed by atoms with van der Waals surface area (Å²) in [4.78, 5) is 18.1. The molecule has 1 N–H and O–H groups in total. The van der Waals surface area contributed by atoms with Crippen LogP contribution in [0.15, 0.2) is 72.8 Å². The van der Waals surface area contributed by atoms with E-state index in [9.17, 15) is 4.79 Å². The predicted molar refractivity (Wildman–Crippen MR) is 175 cm³/mol. The number of amides is 2. The second-order valence-electron chi connectivity index (χ2n) is 11.0. The summed E-state index contributed by atoms with van der Waals surface area (Å²) < 4.78 is 11.7. The Morgan fingerprint density at radius 2 is 1.38 bits per heavy atom. The Kier molecular flexibility index (Phi) is 14.8. The van der Waals surface area contributed by atoms with Crippen molar-refractivity contribution >= 4 is 11.7 Å². The van der Waals surface area contributed by atoms with Crippen LogP contribution in [-0.2, 0) is 19.6 Å². The zero-order chi connectivity index (χ0) is 30.0. The third kappa shape index (κ3) is 11.4. The molecule has 0 fully saturated rings. The Balaban J connectivity index is 1.76. The average molecular weight is 574 g/mol. The molecule has 0 aromatic heterocycles. The summed E-state index contributed by atoms with van der Waals surface area (Å²) in [6.07, 6.45) is 8.07. The van der Waals surface area contributed by atoms with Crippen LogP contribution >= 0.6 is 0 Å². The van der Waals surface area contributed by atoms with E-state index >= 15 is 0 Å². The molecule has 3 rings (SSSR count). The number of benzene rings is 3. The van der Waals surface area contributed by atoms with E-state index < -0.39 is 0 Å². The number of nitrogens with zero attached hydrogens (tertiary/aromatic N) is 2. The number of carbonyl (C=O) groups excluding carboxylic acids is 1. The maximum absolute atomic E-state index is 13.7. The highest BCUT2D eigenvalue weighted by Gasteiger charge is 2.18. The highest BCUT2D eigenvalue weighted by atomic mass is 16.5. The quantitative estimate of drug-likeness (QED) is 0.156. The van der Waals surface area contributed by atoms with Crippen molar-refractivity contribution in [2.24, 2.45) is 0 Å². The summed E-state index contributed by atoms with van der Waals surface area (Å²) in [5.74, 6) is 1.36. The molecule has 0 bridgehead atoms. The van der Waals surface area contributed by atoms with Gasteiger partial charge in [0.25, 0.3) is 0 Å². The first-order chi connectivity index (χ1) is 20.6. The minimum absolute atomic E-state index is 0.0928. The van der Waals surface area contributed by atoms with Gasteiger partial charge in [0, 0.05) is 25.3 Å². The molecule has 0 radical (unpaired) electrons. The number of urea groups is 1. The van der Waals surface area contributed by atoms with Crippen molar-refractivity contribution in [1.29, 1.82) is 0 Å². The lowest BCUT2D eigenvalue weighted by Gasteiger charge is -2.28. The van der Waals surface area contributed by atoms with Crippen LogP contribution in [0.2, 0.25) is 0 Å². The second-order valence-corrected chi connectivity index (χ2v) is 11.0. The Bertz CT molecular complexity index is 1160. The molecule has 0 saturated carbocycles. The van der Waals surface area contributed by atoms with Gasteiger partial charge in [-0.15, -0.1) is 0 Å². The van der Waals surface area contributed by atoms with E-state index in [0.717, 1.165) is 42.9 Å². The zero-order valence-corrected chi connectivity index (χ0v) is 26.2. The minimum atomic E-state index is -0.0928. The SMILES string of the molecule is CCCCc1ccc(NC(=O)N(CCN(CCCC)CCCC)Cc2ccc(OC)c(OCc3ccccc3)c2)cc1. The molecule has 0 aliphatic heterocycles. The fourth-order valence-electron chi connectivity index (χ4n) is 4.84. The molecule has 42 heavy (non-hydrogen) atoms. The Morgan fingerprint density at radius 3 is 2.02 bits per heavy atom. The second kappa shape index (κ2) is 18.8.